The van der Waals surface area contributed by atoms with E-state index >= 15 is 0 Å². The second kappa shape index (κ2) is 35.7. The molecule has 46 heavy (non-hydrogen) atoms. The molecule has 0 aromatic carbocycles. The van der Waals surface area contributed by atoms with Crippen molar-refractivity contribution in [1.82, 2.24) is 4.90 Å². The Morgan fingerprint density at radius 3 is 1.59 bits per heavy atom. The Bertz CT molecular complexity index is 726. The number of amides is 1. The molecule has 1 amide bonds. The molecule has 8 nitrogen and oxygen atoms in total. The van der Waals surface area contributed by atoms with Gasteiger partial charge in [-0.2, -0.15) is 0 Å². The molecule has 1 aliphatic rings. The topological polar surface area (TPSA) is 99.2 Å². The SMILES string of the molecule is CC.CCC.CCC.CCCCCCCCOC(=O)CC(COC(=O)CCCCCCCC)CC(=O)OCC1CC(C)N1C(C)=O. The lowest BCUT2D eigenvalue weighted by Crippen LogP contribution is -2.58. The molecule has 0 aliphatic carbocycles. The molecule has 0 aromatic rings. The van der Waals surface area contributed by atoms with Crippen molar-refractivity contribution in [3.63, 3.8) is 0 Å². The smallest absolute Gasteiger partial charge is 0.306 e. The molecule has 1 fully saturated rings. The van der Waals surface area contributed by atoms with Gasteiger partial charge in [0.2, 0.25) is 5.91 Å². The number of nitrogens with zero attached hydrogens (tertiary/aromatic N) is 1. The Balaban J connectivity index is -0.00000209. The van der Waals surface area contributed by atoms with E-state index in [-0.39, 0.29) is 56.0 Å². The van der Waals surface area contributed by atoms with Crippen LogP contribution in [0.3, 0.4) is 0 Å². The van der Waals surface area contributed by atoms with Crippen molar-refractivity contribution in [3.8, 4) is 0 Å². The van der Waals surface area contributed by atoms with Gasteiger partial charge in [-0.25, -0.2) is 0 Å². The molecule has 1 heterocycles. The Labute approximate surface area is 284 Å². The molecule has 274 valence electrons. The predicted octanol–water partition coefficient (Wildman–Crippen LogP) is 9.99. The fourth-order valence-electron chi connectivity index (χ4n) is 4.93. The van der Waals surface area contributed by atoms with E-state index in [9.17, 15) is 19.2 Å². The zero-order valence-corrected chi connectivity index (χ0v) is 31.9. The van der Waals surface area contributed by atoms with Gasteiger partial charge in [0.15, 0.2) is 0 Å². The first-order valence-electron chi connectivity index (χ1n) is 18.9. The Morgan fingerprint density at radius 2 is 1.11 bits per heavy atom. The summed E-state index contributed by atoms with van der Waals surface area (Å²) in [5.74, 6) is -1.70. The molecular weight excluding hydrogens is 582 g/mol. The fourth-order valence-corrected chi connectivity index (χ4v) is 4.93. The molecule has 0 saturated carbocycles. The third-order valence-electron chi connectivity index (χ3n) is 7.17. The summed E-state index contributed by atoms with van der Waals surface area (Å²) in [7, 11) is 0. The molecule has 0 spiro atoms. The van der Waals surface area contributed by atoms with Crippen LogP contribution in [0.5, 0.6) is 0 Å². The van der Waals surface area contributed by atoms with Gasteiger partial charge < -0.3 is 19.1 Å². The zero-order valence-electron chi connectivity index (χ0n) is 31.9. The number of rotatable bonds is 22. The maximum absolute atomic E-state index is 12.5. The number of hydrogen-bond donors (Lipinski definition) is 0. The van der Waals surface area contributed by atoms with Gasteiger partial charge in [0.1, 0.15) is 6.61 Å². The second-order valence-electron chi connectivity index (χ2n) is 12.2. The van der Waals surface area contributed by atoms with Crippen molar-refractivity contribution in [2.24, 2.45) is 5.92 Å². The Kier molecular flexibility index (Phi) is 37.5. The van der Waals surface area contributed by atoms with E-state index in [1.807, 2.05) is 20.8 Å². The van der Waals surface area contributed by atoms with E-state index in [2.05, 4.69) is 41.5 Å². The lowest BCUT2D eigenvalue weighted by molar-refractivity contribution is -0.158. The van der Waals surface area contributed by atoms with Gasteiger partial charge in [0.05, 0.1) is 32.1 Å². The van der Waals surface area contributed by atoms with Gasteiger partial charge in [0.25, 0.3) is 0 Å². The fraction of sp³-hybridized carbons (Fsp3) is 0.895. The molecule has 1 aliphatic heterocycles. The van der Waals surface area contributed by atoms with Crippen LogP contribution in [-0.2, 0) is 33.4 Å². The van der Waals surface area contributed by atoms with Crippen LogP contribution in [0.15, 0.2) is 0 Å². The number of ether oxygens (including phenoxy) is 3. The molecule has 3 atom stereocenters. The Hall–Kier alpha value is -2.12. The first-order valence-corrected chi connectivity index (χ1v) is 18.9. The minimum absolute atomic E-state index is 0.00470. The number of esters is 3. The molecule has 1 rings (SSSR count). The highest BCUT2D eigenvalue weighted by molar-refractivity contribution is 5.75. The van der Waals surface area contributed by atoms with Crippen molar-refractivity contribution in [3.05, 3.63) is 0 Å². The average molecular weight is 658 g/mol. The maximum Gasteiger partial charge on any atom is 0.306 e. The van der Waals surface area contributed by atoms with E-state index in [0.717, 1.165) is 44.9 Å². The van der Waals surface area contributed by atoms with Crippen LogP contribution in [0, 0.1) is 5.92 Å². The van der Waals surface area contributed by atoms with Crippen molar-refractivity contribution in [2.45, 2.75) is 197 Å². The van der Waals surface area contributed by atoms with Crippen LogP contribution >= 0.6 is 0 Å². The van der Waals surface area contributed by atoms with Crippen molar-refractivity contribution >= 4 is 23.8 Å². The number of likely N-dealkylation sites (tertiary alicyclic amines) is 1. The van der Waals surface area contributed by atoms with E-state index in [1.54, 1.807) is 4.90 Å². The number of carbonyl (C=O) groups excluding carboxylic acids is 4. The highest BCUT2D eigenvalue weighted by atomic mass is 16.5. The summed E-state index contributed by atoms with van der Waals surface area (Å²) in [6, 6.07) is 0.0405. The number of unbranched alkanes of at least 4 members (excludes halogenated alkanes) is 10. The molecule has 1 saturated heterocycles. The molecule has 0 N–H and O–H groups in total. The van der Waals surface area contributed by atoms with Crippen LogP contribution in [0.2, 0.25) is 0 Å². The van der Waals surface area contributed by atoms with E-state index in [0.29, 0.717) is 13.0 Å². The lowest BCUT2D eigenvalue weighted by Gasteiger charge is -2.46. The maximum atomic E-state index is 12.5. The van der Waals surface area contributed by atoms with Gasteiger partial charge >= 0.3 is 17.9 Å². The zero-order chi connectivity index (χ0) is 35.6. The standard InChI is InChI=1S/C30H53NO7.2C3H8.C2H6/c1-5-7-9-11-13-15-17-28(33)37-22-26(20-29(34)36-18-16-14-12-10-8-6-2)21-30(35)38-23-27-19-24(3)31(27)25(4)32;2*1-3-2;1-2/h24,26-27H,5-23H2,1-4H3;2*3H2,1-2H3;1-2H3. The molecule has 0 radical (unpaired) electrons. The van der Waals surface area contributed by atoms with E-state index in [4.69, 9.17) is 14.2 Å². The molecule has 0 aromatic heterocycles. The summed E-state index contributed by atoms with van der Waals surface area (Å²) in [6.07, 6.45) is 16.6. The summed E-state index contributed by atoms with van der Waals surface area (Å²) in [5.41, 5.74) is 0. The monoisotopic (exact) mass is 658 g/mol. The minimum Gasteiger partial charge on any atom is -0.466 e. The van der Waals surface area contributed by atoms with Gasteiger partial charge in [-0.15, -0.1) is 0 Å². The first kappa shape index (κ1) is 48.3. The molecule has 0 bridgehead atoms. The Morgan fingerprint density at radius 1 is 0.652 bits per heavy atom. The van der Waals surface area contributed by atoms with Gasteiger partial charge in [-0.05, 0) is 26.2 Å². The van der Waals surface area contributed by atoms with Crippen LogP contribution in [0.1, 0.15) is 185 Å². The average Bonchev–Trinajstić information content (AvgIpc) is 3.00. The second-order valence-corrected chi connectivity index (χ2v) is 12.2. The number of hydrogen-bond acceptors (Lipinski definition) is 7. The van der Waals surface area contributed by atoms with Gasteiger partial charge in [0, 0.05) is 25.3 Å². The van der Waals surface area contributed by atoms with Crippen molar-refractivity contribution in [2.75, 3.05) is 19.8 Å². The molecule has 3 unspecified atom stereocenters. The summed E-state index contributed by atoms with van der Waals surface area (Å²) in [4.78, 5) is 50.7. The lowest BCUT2D eigenvalue weighted by atomic mass is 9.95. The third-order valence-corrected chi connectivity index (χ3v) is 7.17. The van der Waals surface area contributed by atoms with E-state index in [1.165, 1.54) is 58.3 Å². The van der Waals surface area contributed by atoms with Gasteiger partial charge in [-0.3, -0.25) is 19.2 Å². The quantitative estimate of drug-likeness (QED) is 0.0649. The summed E-state index contributed by atoms with van der Waals surface area (Å²) in [5, 5.41) is 0. The third kappa shape index (κ3) is 29.3. The van der Waals surface area contributed by atoms with Crippen LogP contribution < -0.4 is 0 Å². The van der Waals surface area contributed by atoms with Gasteiger partial charge in [-0.1, -0.05) is 132 Å². The van der Waals surface area contributed by atoms with Crippen molar-refractivity contribution < 1.29 is 33.4 Å². The van der Waals surface area contributed by atoms with E-state index < -0.39 is 11.9 Å². The summed E-state index contributed by atoms with van der Waals surface area (Å²) < 4.78 is 16.2. The summed E-state index contributed by atoms with van der Waals surface area (Å²) in [6.45, 7) is 20.8. The predicted molar refractivity (Wildman–Crippen MR) is 191 cm³/mol. The highest BCUT2D eigenvalue weighted by Gasteiger charge is 2.37. The number of carbonyl (C=O) groups is 4. The minimum atomic E-state index is -0.503. The largest absolute Gasteiger partial charge is 0.466 e. The normalized spacial score (nSPS) is 15.3. The molecular formula is C38H75NO7. The van der Waals surface area contributed by atoms with Crippen molar-refractivity contribution in [1.29, 1.82) is 0 Å². The summed E-state index contributed by atoms with van der Waals surface area (Å²) >= 11 is 0. The van der Waals surface area contributed by atoms with Crippen LogP contribution in [0.4, 0.5) is 0 Å². The highest BCUT2D eigenvalue weighted by Crippen LogP contribution is 2.26. The molecule has 8 heteroatoms. The first-order chi connectivity index (χ1) is 22.1. The van der Waals surface area contributed by atoms with Crippen LogP contribution in [0.25, 0.3) is 0 Å². The van der Waals surface area contributed by atoms with Crippen LogP contribution in [-0.4, -0.2) is 60.6 Å².